The molecule has 0 aliphatic carbocycles. The molecule has 1 aliphatic rings. The molecule has 31 heavy (non-hydrogen) atoms. The van der Waals surface area contributed by atoms with E-state index in [0.717, 1.165) is 0 Å². The second kappa shape index (κ2) is 10.2. The number of halogens is 4. The number of fused-ring (bicyclic) bond motifs is 1. The summed E-state index contributed by atoms with van der Waals surface area (Å²) in [5, 5.41) is 0. The predicted octanol–water partition coefficient (Wildman–Crippen LogP) is 6.43. The first-order chi connectivity index (χ1) is 14.3. The molecule has 1 aromatic rings. The van der Waals surface area contributed by atoms with Crippen LogP contribution < -0.4 is 0 Å². The van der Waals surface area contributed by atoms with Gasteiger partial charge in [-0.15, -0.1) is 0 Å². The van der Waals surface area contributed by atoms with Gasteiger partial charge in [0.2, 0.25) is 0 Å². The van der Waals surface area contributed by atoms with Crippen molar-refractivity contribution in [3.05, 3.63) is 44.4 Å². The number of esters is 1. The van der Waals surface area contributed by atoms with Crippen LogP contribution in [-0.4, -0.2) is 18.6 Å². The van der Waals surface area contributed by atoms with Gasteiger partial charge in [0.1, 0.15) is 0 Å². The van der Waals surface area contributed by atoms with Gasteiger partial charge < -0.3 is 0 Å². The van der Waals surface area contributed by atoms with Crippen molar-refractivity contribution in [1.82, 2.24) is 0 Å². The zero-order chi connectivity index (χ0) is 23.4. The van der Waals surface area contributed by atoms with Gasteiger partial charge in [-0.2, -0.15) is 0 Å². The molecule has 0 unspecified atom stereocenters. The number of carbonyl (C=O) groups is 1. The minimum atomic E-state index is -4.85. The van der Waals surface area contributed by atoms with E-state index >= 15 is 0 Å². The first-order valence-corrected chi connectivity index (χ1v) is 14.5. The van der Waals surface area contributed by atoms with E-state index in [9.17, 15) is 26.4 Å². The van der Waals surface area contributed by atoms with Crippen LogP contribution in [0.15, 0.2) is 35.2 Å². The Hall–Kier alpha value is -1.14. The van der Waals surface area contributed by atoms with E-state index in [1.54, 1.807) is 6.92 Å². The molecule has 0 N–H and O–H groups in total. The van der Waals surface area contributed by atoms with Crippen LogP contribution in [0.5, 0.6) is 0 Å². The molecule has 0 fully saturated rings. The molecular weight excluding hydrogens is 548 g/mol. The first-order valence-electron chi connectivity index (χ1n) is 10.1. The van der Waals surface area contributed by atoms with Gasteiger partial charge in [0, 0.05) is 0 Å². The monoisotopic (exact) mass is 576 g/mol. The average molecular weight is 576 g/mol. The van der Waals surface area contributed by atoms with Gasteiger partial charge in [0.25, 0.3) is 0 Å². The molecule has 2 rings (SSSR count). The maximum absolute atomic E-state index is 14.1. The van der Waals surface area contributed by atoms with Gasteiger partial charge in [-0.05, 0) is 0 Å². The molecule has 0 saturated heterocycles. The molecule has 0 amide bonds. The Kier molecular flexibility index (Phi) is 8.59. The van der Waals surface area contributed by atoms with Crippen LogP contribution in [0.25, 0.3) is 0 Å². The molecule has 1 aromatic carbocycles. The van der Waals surface area contributed by atoms with E-state index in [-0.39, 0.29) is 22.0 Å². The van der Waals surface area contributed by atoms with Crippen molar-refractivity contribution in [1.29, 1.82) is 0 Å². The zero-order valence-electron chi connectivity index (χ0n) is 18.0. The number of alkyl halides is 4. The van der Waals surface area contributed by atoms with E-state index in [1.165, 1.54) is 44.2 Å². The summed E-state index contributed by atoms with van der Waals surface area (Å²) >= 11 is -4.74. The quantitative estimate of drug-likeness (QED) is 0.230. The molecule has 0 saturated carbocycles. The predicted molar refractivity (Wildman–Crippen MR) is 120 cm³/mol. The van der Waals surface area contributed by atoms with Crippen LogP contribution in [0.3, 0.4) is 0 Å². The Morgan fingerprint density at radius 1 is 1.16 bits per heavy atom. The van der Waals surface area contributed by atoms with Gasteiger partial charge in [-0.3, -0.25) is 0 Å². The molecule has 10 heteroatoms. The molecule has 5 nitrogen and oxygen atoms in total. The number of hydrogen-bond acceptors (Lipinski definition) is 5. The molecule has 1 atom stereocenters. The van der Waals surface area contributed by atoms with E-state index in [0.29, 0.717) is 19.3 Å². The molecule has 0 aromatic heterocycles. The van der Waals surface area contributed by atoms with Crippen molar-refractivity contribution in [3.63, 3.8) is 0 Å². The number of cyclic esters (lactones) is 1. The van der Waals surface area contributed by atoms with E-state index in [1.807, 2.05) is 6.92 Å². The van der Waals surface area contributed by atoms with Crippen LogP contribution in [0.1, 0.15) is 65.4 Å². The molecular formula is C21H28F3IO5S. The van der Waals surface area contributed by atoms with Crippen LogP contribution >= 0.6 is 20.2 Å². The number of ether oxygens (including phenoxy) is 1. The van der Waals surface area contributed by atoms with Gasteiger partial charge in [-0.25, -0.2) is 0 Å². The molecule has 0 bridgehead atoms. The van der Waals surface area contributed by atoms with Crippen LogP contribution in [0.2, 0.25) is 0 Å². The molecule has 1 heterocycles. The SMILES string of the molecule is CCC/C=C1\[C@@H](CCCC)C(=O)OC(C)(C)c2ccccc2I(C(F)(F)F)OS1(=O)=O. The van der Waals surface area contributed by atoms with Crippen molar-refractivity contribution < 1.29 is 33.6 Å². The third kappa shape index (κ3) is 6.22. The fourth-order valence-electron chi connectivity index (χ4n) is 3.27. The van der Waals surface area contributed by atoms with Crippen LogP contribution in [-0.2, 0) is 27.8 Å². The number of unbranched alkanes of at least 4 members (excludes halogenated alkanes) is 2. The Bertz CT molecular complexity index is 925. The Morgan fingerprint density at radius 3 is 2.39 bits per heavy atom. The van der Waals surface area contributed by atoms with Gasteiger partial charge in [0.05, 0.1) is 0 Å². The summed E-state index contributed by atoms with van der Waals surface area (Å²) in [4.78, 5) is 12.7. The second-order valence-corrected chi connectivity index (χ2v) is 14.1. The Balaban J connectivity index is 2.79. The number of rotatable bonds is 5. The zero-order valence-corrected chi connectivity index (χ0v) is 20.9. The van der Waals surface area contributed by atoms with Crippen molar-refractivity contribution in [2.45, 2.75) is 69.6 Å². The van der Waals surface area contributed by atoms with Crippen molar-refractivity contribution >= 4 is 36.3 Å². The number of hydrogen-bond donors (Lipinski definition) is 0. The topological polar surface area (TPSA) is 69.7 Å². The summed E-state index contributed by atoms with van der Waals surface area (Å²) in [6, 6.07) is 5.56. The Morgan fingerprint density at radius 2 is 1.81 bits per heavy atom. The molecule has 1 aliphatic heterocycles. The number of allylic oxidation sites excluding steroid dienone is 1. The fourth-order valence-corrected chi connectivity index (χ4v) is 10.3. The summed E-state index contributed by atoms with van der Waals surface area (Å²) in [6.07, 6.45) is 3.49. The molecule has 176 valence electrons. The van der Waals surface area contributed by atoms with Crippen molar-refractivity contribution in [3.8, 4) is 0 Å². The summed E-state index contributed by atoms with van der Waals surface area (Å²) in [6.45, 7) is 6.70. The summed E-state index contributed by atoms with van der Waals surface area (Å²) in [7, 11) is -4.81. The molecule has 0 radical (unpaired) electrons. The maximum atomic E-state index is 14.1. The van der Waals surface area contributed by atoms with Gasteiger partial charge in [-0.1, -0.05) is 0 Å². The fraction of sp³-hybridized carbons (Fsp3) is 0.571. The second-order valence-electron chi connectivity index (χ2n) is 7.70. The summed E-state index contributed by atoms with van der Waals surface area (Å²) < 4.78 is 74.0. The van der Waals surface area contributed by atoms with E-state index in [2.05, 4.69) is 0 Å². The normalized spacial score (nSPS) is 23.8. The third-order valence-electron chi connectivity index (χ3n) is 4.80. The minimum absolute atomic E-state index is 0.108. The van der Waals surface area contributed by atoms with Crippen LogP contribution in [0, 0.1) is 9.49 Å². The van der Waals surface area contributed by atoms with Crippen LogP contribution in [0.4, 0.5) is 13.2 Å². The summed E-state index contributed by atoms with van der Waals surface area (Å²) in [5.41, 5.74) is -1.28. The molecule has 0 spiro atoms. The first kappa shape index (κ1) is 26.1. The summed E-state index contributed by atoms with van der Waals surface area (Å²) in [5.74, 6) is -2.00. The van der Waals surface area contributed by atoms with Gasteiger partial charge >= 0.3 is 190 Å². The van der Waals surface area contributed by atoms with E-state index in [4.69, 9.17) is 7.25 Å². The van der Waals surface area contributed by atoms with Crippen molar-refractivity contribution in [2.75, 3.05) is 0 Å². The van der Waals surface area contributed by atoms with Gasteiger partial charge in [0.15, 0.2) is 0 Å². The Labute approximate surface area is 189 Å². The standard InChI is InChI=1S/C21H28F3IO5S/c1-5-7-11-15-18(14-8-6-2)31(27,28)30-25(21(22,23)24)17-13-10-9-12-16(17)20(3,4)29-19(15)26/h9-10,12-15H,5-8,11H2,1-4H3/b18-14+/t15-/m1/s1. The van der Waals surface area contributed by atoms with Crippen molar-refractivity contribution in [2.24, 2.45) is 5.92 Å². The van der Waals surface area contributed by atoms with E-state index < -0.39 is 56.9 Å². The number of benzene rings is 1. The average Bonchev–Trinajstić information content (AvgIpc) is 2.66. The third-order valence-corrected chi connectivity index (χ3v) is 11.7. The number of carbonyl (C=O) groups excluding carboxylic acids is 1.